The van der Waals surface area contributed by atoms with Gasteiger partial charge in [0.15, 0.2) is 0 Å². The maximum atomic E-state index is 6.26. The molecule has 0 heterocycles. The van der Waals surface area contributed by atoms with E-state index < -0.39 is 0 Å². The molecule has 88 valence electrons. The predicted molar refractivity (Wildman–Crippen MR) is 77.5 cm³/mol. The van der Waals surface area contributed by atoms with Crippen LogP contribution in [0.25, 0.3) is 0 Å². The second kappa shape index (κ2) is 4.99. The van der Waals surface area contributed by atoms with Gasteiger partial charge in [0.05, 0.1) is 0 Å². The molecule has 2 unspecified atom stereocenters. The summed E-state index contributed by atoms with van der Waals surface area (Å²) in [5.74, 6) is 0. The third kappa shape index (κ3) is 3.02. The number of benzene rings is 1. The summed E-state index contributed by atoms with van der Waals surface area (Å²) in [6, 6.07) is 6.20. The molecule has 16 heavy (non-hydrogen) atoms. The van der Waals surface area contributed by atoms with Crippen LogP contribution < -0.4 is 0 Å². The Labute approximate surface area is 119 Å². The van der Waals surface area contributed by atoms with Crippen molar-refractivity contribution >= 4 is 43.5 Å². The van der Waals surface area contributed by atoms with Crippen molar-refractivity contribution in [1.82, 2.24) is 0 Å². The van der Waals surface area contributed by atoms with E-state index in [0.29, 0.717) is 10.2 Å². The van der Waals surface area contributed by atoms with E-state index in [0.717, 1.165) is 15.9 Å². The quantitative estimate of drug-likeness (QED) is 0.598. The predicted octanol–water partition coefficient (Wildman–Crippen LogP) is 5.60. The van der Waals surface area contributed by atoms with Crippen LogP contribution in [-0.4, -0.2) is 4.83 Å². The normalized spacial score (nSPS) is 29.6. The number of hydrogen-bond donors (Lipinski definition) is 0. The fraction of sp³-hybridized carbons (Fsp3) is 0.538. The van der Waals surface area contributed by atoms with E-state index in [-0.39, 0.29) is 0 Å². The third-order valence-corrected chi connectivity index (χ3v) is 5.03. The van der Waals surface area contributed by atoms with Crippen molar-refractivity contribution < 1.29 is 0 Å². The van der Waals surface area contributed by atoms with Gasteiger partial charge in [0.25, 0.3) is 0 Å². The molecule has 0 nitrogen and oxygen atoms in total. The van der Waals surface area contributed by atoms with Gasteiger partial charge in [-0.05, 0) is 48.8 Å². The van der Waals surface area contributed by atoms with E-state index >= 15 is 0 Å². The monoisotopic (exact) mass is 364 g/mol. The Kier molecular flexibility index (Phi) is 4.03. The molecule has 0 bridgehead atoms. The molecule has 0 aliphatic heterocycles. The van der Waals surface area contributed by atoms with Gasteiger partial charge in [-0.25, -0.2) is 0 Å². The minimum Gasteiger partial charge on any atom is -0.0890 e. The lowest BCUT2D eigenvalue weighted by Gasteiger charge is -2.24. The molecule has 0 saturated heterocycles. The lowest BCUT2D eigenvalue weighted by molar-refractivity contribution is 0.336. The van der Waals surface area contributed by atoms with Gasteiger partial charge in [0.1, 0.15) is 0 Å². The zero-order valence-corrected chi connectivity index (χ0v) is 13.2. The Morgan fingerprint density at radius 2 is 2.25 bits per heavy atom. The Morgan fingerprint density at radius 1 is 1.50 bits per heavy atom. The summed E-state index contributed by atoms with van der Waals surface area (Å²) in [6.45, 7) is 2.37. The van der Waals surface area contributed by atoms with Crippen molar-refractivity contribution in [2.75, 3.05) is 0 Å². The molecule has 1 saturated carbocycles. The van der Waals surface area contributed by atoms with Crippen LogP contribution in [0.2, 0.25) is 5.02 Å². The number of alkyl halides is 1. The molecule has 1 aromatic rings. The fourth-order valence-electron chi connectivity index (χ4n) is 2.53. The van der Waals surface area contributed by atoms with Crippen LogP contribution in [0.15, 0.2) is 22.7 Å². The zero-order valence-electron chi connectivity index (χ0n) is 9.27. The van der Waals surface area contributed by atoms with Crippen molar-refractivity contribution in [3.63, 3.8) is 0 Å². The molecule has 1 aromatic carbocycles. The molecule has 1 aliphatic rings. The number of rotatable bonds is 2. The van der Waals surface area contributed by atoms with Crippen LogP contribution in [0.5, 0.6) is 0 Å². The summed E-state index contributed by atoms with van der Waals surface area (Å²) in [5, 5.41) is 0.883. The Hall–Kier alpha value is 0.470. The molecule has 0 N–H and O–H groups in total. The highest BCUT2D eigenvalue weighted by molar-refractivity contribution is 9.10. The summed E-state index contributed by atoms with van der Waals surface area (Å²) >= 11 is 13.4. The van der Waals surface area contributed by atoms with Crippen LogP contribution >= 0.6 is 43.5 Å². The van der Waals surface area contributed by atoms with Gasteiger partial charge in [-0.2, -0.15) is 0 Å². The highest BCUT2D eigenvalue weighted by Gasteiger charge is 2.34. The topological polar surface area (TPSA) is 0 Å². The van der Waals surface area contributed by atoms with Gasteiger partial charge < -0.3 is 0 Å². The molecule has 2 rings (SSSR count). The second-order valence-corrected chi connectivity index (χ2v) is 7.68. The summed E-state index contributed by atoms with van der Waals surface area (Å²) < 4.78 is 1.05. The van der Waals surface area contributed by atoms with Gasteiger partial charge in [-0.3, -0.25) is 0 Å². The lowest BCUT2D eigenvalue weighted by Crippen LogP contribution is -2.15. The van der Waals surface area contributed by atoms with Gasteiger partial charge >= 0.3 is 0 Å². The zero-order chi connectivity index (χ0) is 11.8. The average molecular weight is 367 g/mol. The van der Waals surface area contributed by atoms with Crippen molar-refractivity contribution in [3.8, 4) is 0 Å². The minimum atomic E-state index is 0.408. The van der Waals surface area contributed by atoms with E-state index in [4.69, 9.17) is 11.6 Å². The van der Waals surface area contributed by atoms with Crippen molar-refractivity contribution in [2.45, 2.75) is 37.4 Å². The van der Waals surface area contributed by atoms with E-state index in [9.17, 15) is 0 Å². The number of hydrogen-bond acceptors (Lipinski definition) is 0. The summed E-state index contributed by atoms with van der Waals surface area (Å²) in [5.41, 5.74) is 1.68. The molecule has 0 aromatic heterocycles. The van der Waals surface area contributed by atoms with E-state index in [1.54, 1.807) is 0 Å². The summed E-state index contributed by atoms with van der Waals surface area (Å²) in [4.78, 5) is 0.687. The van der Waals surface area contributed by atoms with E-state index in [2.05, 4.69) is 50.9 Å². The first-order valence-corrected chi connectivity index (χ1v) is 7.65. The first-order chi connectivity index (χ1) is 7.48. The summed E-state index contributed by atoms with van der Waals surface area (Å²) in [7, 11) is 0. The molecular weight excluding hydrogens is 351 g/mol. The molecule has 3 heteroatoms. The maximum absolute atomic E-state index is 6.26. The molecular formula is C13H15Br2Cl. The van der Waals surface area contributed by atoms with Crippen LogP contribution in [0.3, 0.4) is 0 Å². The van der Waals surface area contributed by atoms with Gasteiger partial charge in [-0.15, -0.1) is 0 Å². The van der Waals surface area contributed by atoms with Crippen LogP contribution in [0.1, 0.15) is 31.7 Å². The fourth-order valence-corrected chi connectivity index (χ4v) is 4.28. The average Bonchev–Trinajstić information content (AvgIpc) is 2.52. The van der Waals surface area contributed by atoms with Gasteiger partial charge in [-0.1, -0.05) is 56.5 Å². The Morgan fingerprint density at radius 3 is 2.81 bits per heavy atom. The van der Waals surface area contributed by atoms with Crippen LogP contribution in [0.4, 0.5) is 0 Å². The Bertz CT molecular complexity index is 392. The smallest absolute Gasteiger partial charge is 0.0449 e. The first kappa shape index (κ1) is 12.9. The van der Waals surface area contributed by atoms with E-state index in [1.807, 2.05) is 6.07 Å². The van der Waals surface area contributed by atoms with Crippen molar-refractivity contribution in [1.29, 1.82) is 0 Å². The third-order valence-electron chi connectivity index (χ3n) is 3.41. The first-order valence-electron chi connectivity index (χ1n) is 5.56. The maximum Gasteiger partial charge on any atom is 0.0449 e. The van der Waals surface area contributed by atoms with Gasteiger partial charge in [0.2, 0.25) is 0 Å². The lowest BCUT2D eigenvalue weighted by atomic mass is 9.82. The molecule has 1 aliphatic carbocycles. The molecule has 0 amide bonds. The molecule has 1 fully saturated rings. The molecule has 0 spiro atoms. The SMILES string of the molecule is CC1(Cc2ccc(Br)cc2Cl)CCC(Br)C1. The van der Waals surface area contributed by atoms with Crippen LogP contribution in [-0.2, 0) is 6.42 Å². The minimum absolute atomic E-state index is 0.408. The molecule has 2 atom stereocenters. The molecule has 0 radical (unpaired) electrons. The second-order valence-electron chi connectivity index (χ2n) is 5.06. The summed E-state index contributed by atoms with van der Waals surface area (Å²) in [6.07, 6.45) is 4.90. The highest BCUT2D eigenvalue weighted by atomic mass is 79.9. The van der Waals surface area contributed by atoms with Crippen molar-refractivity contribution in [3.05, 3.63) is 33.3 Å². The largest absolute Gasteiger partial charge is 0.0890 e. The van der Waals surface area contributed by atoms with Crippen molar-refractivity contribution in [2.24, 2.45) is 5.41 Å². The van der Waals surface area contributed by atoms with Crippen LogP contribution in [0, 0.1) is 5.41 Å². The van der Waals surface area contributed by atoms with E-state index in [1.165, 1.54) is 24.8 Å². The van der Waals surface area contributed by atoms with Gasteiger partial charge in [0, 0.05) is 14.3 Å². The number of halogens is 3. The standard InChI is InChI=1S/C13H15Br2Cl/c1-13(5-4-11(15)8-13)7-9-2-3-10(14)6-12(9)16/h2-3,6,11H,4-5,7-8H2,1H3. The highest BCUT2D eigenvalue weighted by Crippen LogP contribution is 2.44. The Balaban J connectivity index is 2.14.